The maximum atomic E-state index is 13.6. The smallest absolute Gasteiger partial charge is 0.232 e. The zero-order valence-electron chi connectivity index (χ0n) is 14.3. The zero-order valence-corrected chi connectivity index (χ0v) is 15.1. The average molecular weight is 347 g/mol. The molecule has 2 aliphatic carbocycles. The minimum absolute atomic E-state index is 0.223. The molecule has 2 heterocycles. The van der Waals surface area contributed by atoms with Gasteiger partial charge in [0.1, 0.15) is 4.87 Å². The lowest BCUT2D eigenvalue weighted by Crippen LogP contribution is -2.42. The Balaban J connectivity index is 1.62. The highest BCUT2D eigenvalue weighted by molar-refractivity contribution is 8.01. The molecule has 2 bridgehead atoms. The summed E-state index contributed by atoms with van der Waals surface area (Å²) in [4.78, 5) is 16.8. The lowest BCUT2D eigenvalue weighted by Gasteiger charge is -2.39. The first kappa shape index (κ1) is 14.4. The third-order valence-electron chi connectivity index (χ3n) is 7.04. The summed E-state index contributed by atoms with van der Waals surface area (Å²) in [5.41, 5.74) is 3.72. The first-order valence-corrected chi connectivity index (χ1v) is 10.2. The van der Waals surface area contributed by atoms with E-state index in [2.05, 4.69) is 60.4 Å². The lowest BCUT2D eigenvalue weighted by atomic mass is 9.76. The van der Waals surface area contributed by atoms with Gasteiger partial charge in [-0.3, -0.25) is 9.69 Å². The van der Waals surface area contributed by atoms with E-state index in [-0.39, 0.29) is 10.8 Å². The fourth-order valence-electron chi connectivity index (χ4n) is 6.15. The van der Waals surface area contributed by atoms with Crippen molar-refractivity contribution in [1.29, 1.82) is 0 Å². The van der Waals surface area contributed by atoms with E-state index >= 15 is 0 Å². The third kappa shape index (κ3) is 1.61. The van der Waals surface area contributed by atoms with E-state index in [9.17, 15) is 4.79 Å². The van der Waals surface area contributed by atoms with E-state index in [1.807, 2.05) is 11.8 Å². The number of carbonyl (C=O) groups excluding carboxylic acids is 1. The summed E-state index contributed by atoms with van der Waals surface area (Å²) in [7, 11) is 0. The van der Waals surface area contributed by atoms with Crippen molar-refractivity contribution < 1.29 is 4.79 Å². The molecule has 3 fully saturated rings. The standard InChI is InChI=1S/C22H21NOS/c1-13-6-10-16(11-7-13)22-20-15-9-8-14(12-15)19(20)21(24)23(22)17-4-2-3-5-18(17)25-22/h2-7,10-11,14-15,19-20H,8-9,12H2,1H3/t14-,15+,19+,20-,22+/m0/s1. The Morgan fingerprint density at radius 2 is 1.80 bits per heavy atom. The van der Waals surface area contributed by atoms with E-state index in [4.69, 9.17) is 0 Å². The number of para-hydroxylation sites is 1. The molecule has 126 valence electrons. The van der Waals surface area contributed by atoms with Crippen LogP contribution in [0, 0.1) is 30.6 Å². The first-order valence-electron chi connectivity index (χ1n) is 9.39. The van der Waals surface area contributed by atoms with Crippen LogP contribution in [0.5, 0.6) is 0 Å². The van der Waals surface area contributed by atoms with Gasteiger partial charge in [0.25, 0.3) is 0 Å². The molecule has 0 unspecified atom stereocenters. The van der Waals surface area contributed by atoms with Crippen LogP contribution in [-0.2, 0) is 9.67 Å². The summed E-state index contributed by atoms with van der Waals surface area (Å²) in [5.74, 6) is 2.39. The van der Waals surface area contributed by atoms with Gasteiger partial charge in [0.15, 0.2) is 0 Å². The molecule has 1 amide bonds. The predicted octanol–water partition coefficient (Wildman–Crippen LogP) is 4.96. The number of amides is 1. The van der Waals surface area contributed by atoms with Crippen LogP contribution in [-0.4, -0.2) is 5.91 Å². The van der Waals surface area contributed by atoms with Crippen LogP contribution in [0.2, 0.25) is 0 Å². The number of fused-ring (bicyclic) bond motifs is 9. The van der Waals surface area contributed by atoms with Gasteiger partial charge in [-0.15, -0.1) is 0 Å². The van der Waals surface area contributed by atoms with Gasteiger partial charge in [0, 0.05) is 16.7 Å². The van der Waals surface area contributed by atoms with Crippen LogP contribution in [0.15, 0.2) is 53.4 Å². The van der Waals surface area contributed by atoms with E-state index in [1.165, 1.54) is 35.3 Å². The van der Waals surface area contributed by atoms with Crippen LogP contribution in [0.3, 0.4) is 0 Å². The number of benzene rings is 2. The summed E-state index contributed by atoms with van der Waals surface area (Å²) in [6.07, 6.45) is 3.82. The Labute approximate surface area is 152 Å². The van der Waals surface area contributed by atoms with Crippen molar-refractivity contribution in [1.82, 2.24) is 0 Å². The molecule has 4 aliphatic rings. The minimum atomic E-state index is -0.223. The highest BCUT2D eigenvalue weighted by Gasteiger charge is 2.70. The number of hydrogen-bond donors (Lipinski definition) is 0. The van der Waals surface area contributed by atoms with E-state index in [0.717, 1.165) is 5.69 Å². The molecule has 0 aromatic heterocycles. The minimum Gasteiger partial charge on any atom is -0.291 e. The molecule has 0 radical (unpaired) electrons. The number of thioether (sulfide) groups is 1. The van der Waals surface area contributed by atoms with E-state index < -0.39 is 0 Å². The second-order valence-corrected chi connectivity index (χ2v) is 9.46. The molecule has 0 N–H and O–H groups in total. The van der Waals surface area contributed by atoms with Gasteiger partial charge < -0.3 is 0 Å². The molecule has 5 atom stereocenters. The summed E-state index contributed by atoms with van der Waals surface area (Å²) >= 11 is 1.94. The lowest BCUT2D eigenvalue weighted by molar-refractivity contribution is -0.122. The molecule has 3 heteroatoms. The summed E-state index contributed by atoms with van der Waals surface area (Å²) < 4.78 is 0. The van der Waals surface area contributed by atoms with Crippen molar-refractivity contribution in [3.63, 3.8) is 0 Å². The monoisotopic (exact) mass is 347 g/mol. The number of rotatable bonds is 1. The number of nitrogens with zero attached hydrogens (tertiary/aromatic N) is 1. The van der Waals surface area contributed by atoms with Crippen molar-refractivity contribution in [2.75, 3.05) is 4.90 Å². The second-order valence-electron chi connectivity index (χ2n) is 8.19. The summed E-state index contributed by atoms with van der Waals surface area (Å²) in [5, 5.41) is 0. The van der Waals surface area contributed by atoms with Gasteiger partial charge in [-0.1, -0.05) is 53.7 Å². The SMILES string of the molecule is Cc1ccc([C@]23Sc4ccccc4N2C(=O)[C@@H]2[C@H]4CC[C@H](C4)[C@@H]23)cc1. The largest absolute Gasteiger partial charge is 0.291 e. The third-order valence-corrected chi connectivity index (χ3v) is 8.61. The maximum Gasteiger partial charge on any atom is 0.232 e. The Kier molecular flexibility index (Phi) is 2.71. The Hall–Kier alpha value is -1.74. The molecule has 2 saturated carbocycles. The molecule has 2 nitrogen and oxygen atoms in total. The highest BCUT2D eigenvalue weighted by atomic mass is 32.2. The Morgan fingerprint density at radius 1 is 1.04 bits per heavy atom. The number of anilines is 1. The molecule has 0 spiro atoms. The zero-order chi connectivity index (χ0) is 16.8. The molecule has 6 rings (SSSR count). The van der Waals surface area contributed by atoms with Crippen molar-refractivity contribution in [2.45, 2.75) is 36.0 Å². The Bertz CT molecular complexity index is 891. The molecule has 1 saturated heterocycles. The fourth-order valence-corrected chi connectivity index (χ4v) is 7.91. The van der Waals surface area contributed by atoms with Crippen LogP contribution in [0.1, 0.15) is 30.4 Å². The molecule has 2 aliphatic heterocycles. The van der Waals surface area contributed by atoms with Crippen molar-refractivity contribution >= 4 is 23.4 Å². The second kappa shape index (κ2) is 4.70. The number of hydrogen-bond acceptors (Lipinski definition) is 2. The van der Waals surface area contributed by atoms with Crippen molar-refractivity contribution in [3.8, 4) is 0 Å². The maximum absolute atomic E-state index is 13.6. The van der Waals surface area contributed by atoms with Crippen molar-refractivity contribution in [2.24, 2.45) is 23.7 Å². The summed E-state index contributed by atoms with van der Waals surface area (Å²) in [6, 6.07) is 17.4. The first-order chi connectivity index (χ1) is 12.2. The van der Waals surface area contributed by atoms with Crippen LogP contribution >= 0.6 is 11.8 Å². The van der Waals surface area contributed by atoms with Gasteiger partial charge >= 0.3 is 0 Å². The average Bonchev–Trinajstić information content (AvgIpc) is 3.35. The van der Waals surface area contributed by atoms with Gasteiger partial charge in [0.2, 0.25) is 5.91 Å². The van der Waals surface area contributed by atoms with Crippen LogP contribution < -0.4 is 4.90 Å². The molecule has 25 heavy (non-hydrogen) atoms. The highest BCUT2D eigenvalue weighted by Crippen LogP contribution is 2.72. The molecule has 2 aromatic rings. The van der Waals surface area contributed by atoms with Gasteiger partial charge in [-0.2, -0.15) is 0 Å². The van der Waals surface area contributed by atoms with Gasteiger partial charge in [-0.25, -0.2) is 0 Å². The van der Waals surface area contributed by atoms with Crippen LogP contribution in [0.4, 0.5) is 5.69 Å². The van der Waals surface area contributed by atoms with E-state index in [1.54, 1.807) is 0 Å². The molecular formula is C22H21NOS. The van der Waals surface area contributed by atoms with Crippen molar-refractivity contribution in [3.05, 3.63) is 59.7 Å². The predicted molar refractivity (Wildman–Crippen MR) is 100 cm³/mol. The van der Waals surface area contributed by atoms with Gasteiger partial charge in [-0.05, 0) is 55.7 Å². The number of aryl methyl sites for hydroxylation is 1. The molecular weight excluding hydrogens is 326 g/mol. The Morgan fingerprint density at radius 3 is 2.64 bits per heavy atom. The summed E-state index contributed by atoms with van der Waals surface area (Å²) in [6.45, 7) is 2.13. The fraction of sp³-hybridized carbons (Fsp3) is 0.409. The van der Waals surface area contributed by atoms with E-state index in [0.29, 0.717) is 23.7 Å². The van der Waals surface area contributed by atoms with Gasteiger partial charge in [0.05, 0.1) is 5.69 Å². The normalized spacial score (nSPS) is 37.3. The van der Waals surface area contributed by atoms with Crippen LogP contribution in [0.25, 0.3) is 0 Å². The molecule has 2 aromatic carbocycles. The number of carbonyl (C=O) groups is 1. The quantitative estimate of drug-likeness (QED) is 0.726. The topological polar surface area (TPSA) is 20.3 Å².